The second-order valence-corrected chi connectivity index (χ2v) is 8.64. The van der Waals surface area contributed by atoms with Gasteiger partial charge in [-0.3, -0.25) is 4.68 Å². The highest BCUT2D eigenvalue weighted by molar-refractivity contribution is 5.81. The quantitative estimate of drug-likeness (QED) is 0.366. The Labute approximate surface area is 197 Å². The Hall–Kier alpha value is -3.97. The van der Waals surface area contributed by atoms with Crippen LogP contribution in [0.25, 0.3) is 33.7 Å². The Bertz CT molecular complexity index is 1370. The number of oxazole rings is 1. The normalized spacial score (nSPS) is 14.5. The van der Waals surface area contributed by atoms with Crippen molar-refractivity contribution in [3.8, 4) is 22.6 Å². The lowest BCUT2D eigenvalue weighted by Gasteiger charge is -2.22. The van der Waals surface area contributed by atoms with Crippen LogP contribution in [0.1, 0.15) is 24.4 Å². The average Bonchev–Trinajstić information content (AvgIpc) is 3.56. The Morgan fingerprint density at radius 3 is 2.65 bits per heavy atom. The third-order valence-corrected chi connectivity index (χ3v) is 6.33. The number of anilines is 1. The molecule has 0 spiro atoms. The van der Waals surface area contributed by atoms with Crippen molar-refractivity contribution in [3.05, 3.63) is 84.8 Å². The van der Waals surface area contributed by atoms with Crippen molar-refractivity contribution in [1.82, 2.24) is 25.1 Å². The molecule has 3 aromatic heterocycles. The molecule has 170 valence electrons. The highest BCUT2D eigenvalue weighted by atomic mass is 16.3. The first kappa shape index (κ1) is 20.6. The minimum absolute atomic E-state index is 0.436. The lowest BCUT2D eigenvalue weighted by molar-refractivity contribution is 0.343. The maximum atomic E-state index is 6.12. The highest BCUT2D eigenvalue weighted by Crippen LogP contribution is 2.33. The first-order chi connectivity index (χ1) is 16.8. The minimum atomic E-state index is 0.436. The SMILES string of the molecule is c1ccc(CNc2ncc(-c3cnn(C4CCNCC4)c3)cc2-c2nc3ccccc3o2)cc1. The van der Waals surface area contributed by atoms with Gasteiger partial charge in [0.2, 0.25) is 5.89 Å². The molecule has 1 aliphatic rings. The van der Waals surface area contributed by atoms with Gasteiger partial charge < -0.3 is 15.1 Å². The standard InChI is InChI=1S/C27H26N6O/c1-2-6-19(7-3-1)15-29-26-23(27-32-24-8-4-5-9-25(24)34-27)14-20(16-30-26)21-17-31-33(18-21)22-10-12-28-13-11-22/h1-9,14,16-18,22,28H,10-13,15H2,(H,29,30). The van der Waals surface area contributed by atoms with Crippen molar-refractivity contribution in [1.29, 1.82) is 0 Å². The van der Waals surface area contributed by atoms with Gasteiger partial charge in [-0.1, -0.05) is 42.5 Å². The zero-order valence-electron chi connectivity index (χ0n) is 18.8. The monoisotopic (exact) mass is 450 g/mol. The van der Waals surface area contributed by atoms with Gasteiger partial charge in [-0.2, -0.15) is 5.10 Å². The summed E-state index contributed by atoms with van der Waals surface area (Å²) < 4.78 is 8.21. The molecule has 5 aromatic rings. The van der Waals surface area contributed by atoms with Crippen molar-refractivity contribution in [3.63, 3.8) is 0 Å². The van der Waals surface area contributed by atoms with Gasteiger partial charge in [-0.25, -0.2) is 9.97 Å². The van der Waals surface area contributed by atoms with Crippen molar-refractivity contribution in [2.45, 2.75) is 25.4 Å². The summed E-state index contributed by atoms with van der Waals surface area (Å²) in [5, 5.41) is 11.5. The van der Waals surface area contributed by atoms with Gasteiger partial charge in [0.05, 0.1) is 17.8 Å². The van der Waals surface area contributed by atoms with Gasteiger partial charge in [0.1, 0.15) is 11.3 Å². The van der Waals surface area contributed by atoms with Crippen molar-refractivity contribution >= 4 is 16.9 Å². The second-order valence-electron chi connectivity index (χ2n) is 8.64. The summed E-state index contributed by atoms with van der Waals surface area (Å²) in [7, 11) is 0. The molecule has 0 saturated carbocycles. The number of nitrogens with zero attached hydrogens (tertiary/aromatic N) is 4. The zero-order chi connectivity index (χ0) is 22.7. The predicted octanol–water partition coefficient (Wildman–Crippen LogP) is 5.29. The van der Waals surface area contributed by atoms with E-state index in [0.717, 1.165) is 59.5 Å². The lowest BCUT2D eigenvalue weighted by atomic mass is 10.1. The van der Waals surface area contributed by atoms with E-state index >= 15 is 0 Å². The molecule has 6 rings (SSSR count). The average molecular weight is 451 g/mol. The van der Waals surface area contributed by atoms with E-state index in [9.17, 15) is 0 Å². The van der Waals surface area contributed by atoms with Gasteiger partial charge in [0.25, 0.3) is 0 Å². The Balaban J connectivity index is 1.36. The molecule has 1 saturated heterocycles. The van der Waals surface area contributed by atoms with E-state index in [4.69, 9.17) is 14.4 Å². The molecule has 1 fully saturated rings. The molecule has 0 radical (unpaired) electrons. The van der Waals surface area contributed by atoms with E-state index in [1.807, 2.05) is 54.9 Å². The van der Waals surface area contributed by atoms with E-state index in [2.05, 4.69) is 44.8 Å². The van der Waals surface area contributed by atoms with Gasteiger partial charge in [-0.15, -0.1) is 0 Å². The fourth-order valence-electron chi connectivity index (χ4n) is 4.45. The van der Waals surface area contributed by atoms with E-state index in [1.54, 1.807) is 0 Å². The van der Waals surface area contributed by atoms with Crippen molar-refractivity contribution in [2.24, 2.45) is 0 Å². The number of piperidine rings is 1. The molecule has 2 aromatic carbocycles. The maximum Gasteiger partial charge on any atom is 0.231 e. The second kappa shape index (κ2) is 9.11. The summed E-state index contributed by atoms with van der Waals surface area (Å²) in [6.07, 6.45) is 8.13. The molecule has 0 bridgehead atoms. The lowest BCUT2D eigenvalue weighted by Crippen LogP contribution is -2.29. The number of fused-ring (bicyclic) bond motifs is 1. The molecule has 1 aliphatic heterocycles. The van der Waals surface area contributed by atoms with Crippen LogP contribution in [0.4, 0.5) is 5.82 Å². The topological polar surface area (TPSA) is 80.8 Å². The molecule has 7 heteroatoms. The number of pyridine rings is 1. The van der Waals surface area contributed by atoms with E-state index in [-0.39, 0.29) is 0 Å². The molecule has 7 nitrogen and oxygen atoms in total. The third kappa shape index (κ3) is 4.18. The van der Waals surface area contributed by atoms with Crippen LogP contribution >= 0.6 is 0 Å². The third-order valence-electron chi connectivity index (χ3n) is 6.33. The van der Waals surface area contributed by atoms with E-state index in [1.165, 1.54) is 5.56 Å². The minimum Gasteiger partial charge on any atom is -0.436 e. The Kier molecular flexibility index (Phi) is 5.53. The van der Waals surface area contributed by atoms with E-state index < -0.39 is 0 Å². The van der Waals surface area contributed by atoms with Crippen molar-refractivity contribution in [2.75, 3.05) is 18.4 Å². The highest BCUT2D eigenvalue weighted by Gasteiger charge is 2.18. The van der Waals surface area contributed by atoms with Gasteiger partial charge >= 0.3 is 0 Å². The van der Waals surface area contributed by atoms with Gasteiger partial charge in [0, 0.05) is 30.1 Å². The molecule has 4 heterocycles. The van der Waals surface area contributed by atoms with Crippen LogP contribution in [0.15, 0.2) is 83.7 Å². The van der Waals surface area contributed by atoms with Gasteiger partial charge in [0.15, 0.2) is 5.58 Å². The summed E-state index contributed by atoms with van der Waals surface area (Å²) >= 11 is 0. The molecule has 0 aliphatic carbocycles. The number of hydrogen-bond donors (Lipinski definition) is 2. The smallest absolute Gasteiger partial charge is 0.231 e. The zero-order valence-corrected chi connectivity index (χ0v) is 18.8. The molecular formula is C27H26N6O. The maximum absolute atomic E-state index is 6.12. The molecule has 0 atom stereocenters. The largest absolute Gasteiger partial charge is 0.436 e. The number of para-hydroxylation sites is 2. The van der Waals surface area contributed by atoms with Crippen LogP contribution in [-0.2, 0) is 6.54 Å². The molecule has 2 N–H and O–H groups in total. The van der Waals surface area contributed by atoms with E-state index in [0.29, 0.717) is 18.5 Å². The fraction of sp³-hybridized carbons (Fsp3) is 0.222. The Morgan fingerprint density at radius 2 is 1.79 bits per heavy atom. The van der Waals surface area contributed by atoms with Crippen molar-refractivity contribution < 1.29 is 4.42 Å². The number of rotatable bonds is 6. The number of hydrogen-bond acceptors (Lipinski definition) is 6. The summed E-state index contributed by atoms with van der Waals surface area (Å²) in [5.41, 5.74) is 5.63. The summed E-state index contributed by atoms with van der Waals surface area (Å²) in [4.78, 5) is 9.52. The summed E-state index contributed by atoms with van der Waals surface area (Å²) in [6, 6.07) is 20.6. The predicted molar refractivity (Wildman–Crippen MR) is 133 cm³/mol. The van der Waals surface area contributed by atoms with Crippen LogP contribution in [0.5, 0.6) is 0 Å². The fourth-order valence-corrected chi connectivity index (χ4v) is 4.45. The summed E-state index contributed by atoms with van der Waals surface area (Å²) in [5.74, 6) is 1.29. The Morgan fingerprint density at radius 1 is 0.971 bits per heavy atom. The molecular weight excluding hydrogens is 424 g/mol. The molecule has 34 heavy (non-hydrogen) atoms. The molecule has 0 amide bonds. The van der Waals surface area contributed by atoms with Crippen LogP contribution in [0.2, 0.25) is 0 Å². The van der Waals surface area contributed by atoms with Crippen LogP contribution in [0, 0.1) is 0 Å². The summed E-state index contributed by atoms with van der Waals surface area (Å²) in [6.45, 7) is 2.73. The molecule has 0 unspecified atom stereocenters. The first-order valence-corrected chi connectivity index (χ1v) is 11.7. The number of aromatic nitrogens is 4. The van der Waals surface area contributed by atoms with Crippen LogP contribution < -0.4 is 10.6 Å². The van der Waals surface area contributed by atoms with Gasteiger partial charge in [-0.05, 0) is 49.7 Å². The number of benzene rings is 2. The van der Waals surface area contributed by atoms with Crippen LogP contribution in [-0.4, -0.2) is 32.8 Å². The first-order valence-electron chi connectivity index (χ1n) is 11.7. The van der Waals surface area contributed by atoms with Crippen LogP contribution in [0.3, 0.4) is 0 Å². The number of nitrogens with one attached hydrogen (secondary N) is 2.